The lowest BCUT2D eigenvalue weighted by Gasteiger charge is -2.07. The average Bonchev–Trinajstić information content (AvgIpc) is 3.06. The number of aromatic hydroxyl groups is 2. The number of rotatable bonds is 4. The minimum atomic E-state index is -0.410. The fourth-order valence-electron chi connectivity index (χ4n) is 2.80. The highest BCUT2D eigenvalue weighted by Gasteiger charge is 2.15. The Bertz CT molecular complexity index is 1200. The van der Waals surface area contributed by atoms with Gasteiger partial charge >= 0.3 is 0 Å². The largest absolute Gasteiger partial charge is 0.507 e. The van der Waals surface area contributed by atoms with Crippen molar-refractivity contribution in [1.82, 2.24) is 14.6 Å². The second-order valence-electron chi connectivity index (χ2n) is 5.88. The third-order valence-corrected chi connectivity index (χ3v) is 4.96. The summed E-state index contributed by atoms with van der Waals surface area (Å²) in [6.07, 6.45) is 0.238. The lowest BCUT2D eigenvalue weighted by molar-refractivity contribution is 0.373. The number of hydrogen-bond donors (Lipinski definition) is 2. The molecular formula is C19H15N3O4S. The Balaban J connectivity index is 1.80. The van der Waals surface area contributed by atoms with E-state index in [9.17, 15) is 15.0 Å². The van der Waals surface area contributed by atoms with Gasteiger partial charge in [-0.3, -0.25) is 4.79 Å². The van der Waals surface area contributed by atoms with Gasteiger partial charge in [0.15, 0.2) is 11.5 Å². The molecule has 8 heteroatoms. The number of para-hydroxylation sites is 1. The second-order valence-corrected chi connectivity index (χ2v) is 6.72. The molecule has 0 aliphatic rings. The lowest BCUT2D eigenvalue weighted by atomic mass is 10.1. The molecule has 0 aliphatic carbocycles. The summed E-state index contributed by atoms with van der Waals surface area (Å²) in [5.41, 5.74) is 1.88. The van der Waals surface area contributed by atoms with E-state index in [1.165, 1.54) is 24.5 Å². The summed E-state index contributed by atoms with van der Waals surface area (Å²) in [5, 5.41) is 26.1. The summed E-state index contributed by atoms with van der Waals surface area (Å²) >= 11 is 1.28. The van der Waals surface area contributed by atoms with Gasteiger partial charge in [0, 0.05) is 17.4 Å². The standard InChI is InChI=1S/C19H15N3O4S/c1-26-17-9-11(6-7-16(17)24)8-13-18(25)20-19-22(21-13)14(10-27-19)12-4-2-3-5-15(12)23/h2-7,9-10,23-24H,8H2,1H3. The number of hydrogen-bond acceptors (Lipinski definition) is 7. The Morgan fingerprint density at radius 1 is 1.15 bits per heavy atom. The summed E-state index contributed by atoms with van der Waals surface area (Å²) in [4.78, 5) is 16.9. The third kappa shape index (κ3) is 3.11. The SMILES string of the molecule is COc1cc(Cc2nn3c(-c4ccccc4O)csc3nc2=O)ccc1O. The molecule has 0 spiro atoms. The maximum absolute atomic E-state index is 12.4. The number of phenolic OH excluding ortho intramolecular Hbond substituents is 2. The quantitative estimate of drug-likeness (QED) is 0.564. The van der Waals surface area contributed by atoms with E-state index in [1.807, 2.05) is 6.07 Å². The van der Waals surface area contributed by atoms with Gasteiger partial charge in [-0.05, 0) is 29.8 Å². The van der Waals surface area contributed by atoms with Gasteiger partial charge in [-0.2, -0.15) is 10.1 Å². The van der Waals surface area contributed by atoms with Gasteiger partial charge in [0.1, 0.15) is 11.4 Å². The van der Waals surface area contributed by atoms with Crippen molar-refractivity contribution in [2.75, 3.05) is 7.11 Å². The van der Waals surface area contributed by atoms with Crippen molar-refractivity contribution < 1.29 is 14.9 Å². The molecule has 0 unspecified atom stereocenters. The monoisotopic (exact) mass is 381 g/mol. The van der Waals surface area contributed by atoms with Crippen LogP contribution >= 0.6 is 11.3 Å². The number of nitrogens with zero attached hydrogens (tertiary/aromatic N) is 3. The van der Waals surface area contributed by atoms with Crippen molar-refractivity contribution >= 4 is 16.3 Å². The van der Waals surface area contributed by atoms with Crippen LogP contribution in [0.3, 0.4) is 0 Å². The van der Waals surface area contributed by atoms with Crippen LogP contribution in [0.1, 0.15) is 11.3 Å². The number of fused-ring (bicyclic) bond motifs is 1. The number of benzene rings is 2. The molecule has 2 aromatic carbocycles. The minimum Gasteiger partial charge on any atom is -0.507 e. The molecule has 0 saturated heterocycles. The summed E-state index contributed by atoms with van der Waals surface area (Å²) < 4.78 is 6.67. The van der Waals surface area contributed by atoms with Crippen molar-refractivity contribution in [3.05, 3.63) is 69.5 Å². The smallest absolute Gasteiger partial charge is 0.296 e. The number of thiazole rings is 1. The van der Waals surface area contributed by atoms with Crippen LogP contribution in [0.2, 0.25) is 0 Å². The molecule has 27 heavy (non-hydrogen) atoms. The average molecular weight is 381 g/mol. The predicted molar refractivity (Wildman–Crippen MR) is 102 cm³/mol. The second kappa shape index (κ2) is 6.73. The summed E-state index contributed by atoms with van der Waals surface area (Å²) in [7, 11) is 1.46. The predicted octanol–water partition coefficient (Wildman–Crippen LogP) is 2.83. The Kier molecular flexibility index (Phi) is 4.25. The van der Waals surface area contributed by atoms with Crippen LogP contribution in [0.15, 0.2) is 52.6 Å². The van der Waals surface area contributed by atoms with E-state index in [1.54, 1.807) is 40.2 Å². The summed E-state index contributed by atoms with van der Waals surface area (Å²) in [6.45, 7) is 0. The molecule has 0 aliphatic heterocycles. The summed E-state index contributed by atoms with van der Waals surface area (Å²) in [5.74, 6) is 0.480. The first kappa shape index (κ1) is 17.0. The normalized spacial score (nSPS) is 11.0. The van der Waals surface area contributed by atoms with Crippen molar-refractivity contribution in [2.45, 2.75) is 6.42 Å². The van der Waals surface area contributed by atoms with E-state index < -0.39 is 5.56 Å². The zero-order chi connectivity index (χ0) is 19.0. The van der Waals surface area contributed by atoms with Crippen LogP contribution in [0.4, 0.5) is 0 Å². The highest BCUT2D eigenvalue weighted by atomic mass is 32.1. The molecule has 0 bridgehead atoms. The number of aromatic nitrogens is 3. The van der Waals surface area contributed by atoms with Crippen LogP contribution < -0.4 is 10.3 Å². The molecule has 0 radical (unpaired) electrons. The fourth-order valence-corrected chi connectivity index (χ4v) is 3.62. The van der Waals surface area contributed by atoms with Crippen LogP contribution in [-0.2, 0) is 6.42 Å². The number of methoxy groups -OCH3 is 1. The summed E-state index contributed by atoms with van der Waals surface area (Å²) in [6, 6.07) is 11.8. The number of phenols is 2. The van der Waals surface area contributed by atoms with E-state index in [2.05, 4.69) is 10.1 Å². The first-order valence-electron chi connectivity index (χ1n) is 8.08. The molecule has 0 amide bonds. The Morgan fingerprint density at radius 2 is 1.96 bits per heavy atom. The highest BCUT2D eigenvalue weighted by molar-refractivity contribution is 7.15. The Labute approximate surface area is 157 Å². The third-order valence-electron chi connectivity index (χ3n) is 4.15. The first-order chi connectivity index (χ1) is 13.1. The van der Waals surface area contributed by atoms with Crippen LogP contribution in [0.25, 0.3) is 16.2 Å². The molecule has 2 N–H and O–H groups in total. The van der Waals surface area contributed by atoms with E-state index >= 15 is 0 Å². The molecule has 0 atom stereocenters. The Hall–Kier alpha value is -3.39. The van der Waals surface area contributed by atoms with Crippen molar-refractivity contribution in [1.29, 1.82) is 0 Å². The van der Waals surface area contributed by atoms with E-state index in [4.69, 9.17) is 4.74 Å². The molecule has 2 aromatic heterocycles. The van der Waals surface area contributed by atoms with Gasteiger partial charge in [-0.15, -0.1) is 11.3 Å². The van der Waals surface area contributed by atoms with Gasteiger partial charge in [-0.25, -0.2) is 4.52 Å². The maximum Gasteiger partial charge on any atom is 0.296 e. The topological polar surface area (TPSA) is 97.0 Å². The van der Waals surface area contributed by atoms with E-state index in [-0.39, 0.29) is 23.6 Å². The molecule has 4 rings (SSSR count). The van der Waals surface area contributed by atoms with Crippen LogP contribution in [0, 0.1) is 0 Å². The molecule has 7 nitrogen and oxygen atoms in total. The molecule has 2 heterocycles. The molecular weight excluding hydrogens is 366 g/mol. The highest BCUT2D eigenvalue weighted by Crippen LogP contribution is 2.31. The van der Waals surface area contributed by atoms with Gasteiger partial charge in [0.05, 0.1) is 12.8 Å². The minimum absolute atomic E-state index is 0.0270. The first-order valence-corrected chi connectivity index (χ1v) is 8.96. The van der Waals surface area contributed by atoms with Crippen LogP contribution in [-0.4, -0.2) is 31.9 Å². The molecule has 4 aromatic rings. The zero-order valence-electron chi connectivity index (χ0n) is 14.3. The van der Waals surface area contributed by atoms with Gasteiger partial charge in [0.25, 0.3) is 5.56 Å². The van der Waals surface area contributed by atoms with E-state index in [0.29, 0.717) is 22.0 Å². The molecule has 0 saturated carbocycles. The zero-order valence-corrected chi connectivity index (χ0v) is 15.1. The fraction of sp³-hybridized carbons (Fsp3) is 0.105. The van der Waals surface area contributed by atoms with Gasteiger partial charge in [0.2, 0.25) is 4.96 Å². The van der Waals surface area contributed by atoms with E-state index in [0.717, 1.165) is 5.56 Å². The lowest BCUT2D eigenvalue weighted by Crippen LogP contribution is -2.18. The van der Waals surface area contributed by atoms with Crippen molar-refractivity contribution in [3.8, 4) is 28.5 Å². The molecule has 136 valence electrons. The number of ether oxygens (including phenoxy) is 1. The van der Waals surface area contributed by atoms with Crippen molar-refractivity contribution in [3.63, 3.8) is 0 Å². The Morgan fingerprint density at radius 3 is 2.74 bits per heavy atom. The molecule has 0 fully saturated rings. The van der Waals surface area contributed by atoms with Gasteiger partial charge < -0.3 is 14.9 Å². The van der Waals surface area contributed by atoms with Crippen LogP contribution in [0.5, 0.6) is 17.2 Å². The maximum atomic E-state index is 12.4. The van der Waals surface area contributed by atoms with Gasteiger partial charge in [-0.1, -0.05) is 18.2 Å². The van der Waals surface area contributed by atoms with Crippen molar-refractivity contribution in [2.24, 2.45) is 0 Å².